The molecular formula is C54H36BN3. The molecule has 270 valence electrons. The van der Waals surface area contributed by atoms with Crippen LogP contribution in [0.15, 0.2) is 218 Å². The first-order valence-corrected chi connectivity index (χ1v) is 20.1. The maximum absolute atomic E-state index is 2.53. The largest absolute Gasteiger partial charge is 0.376 e. The molecule has 0 fully saturated rings. The van der Waals surface area contributed by atoms with Gasteiger partial charge < -0.3 is 13.9 Å². The van der Waals surface area contributed by atoms with Gasteiger partial charge in [-0.1, -0.05) is 157 Å². The van der Waals surface area contributed by atoms with Gasteiger partial charge in [-0.15, -0.1) is 0 Å². The first kappa shape index (κ1) is 32.7. The third kappa shape index (κ3) is 4.95. The SMILES string of the molecule is c1ccc(B2c3ccccc3-c3ccccc3N2c2cccc(-c3cccc(-n4c5ccccc5c5cc(-n6c7ccccc7c7ccccc76)ccc54)c3)c2)cc1. The van der Waals surface area contributed by atoms with Crippen LogP contribution in [0.2, 0.25) is 0 Å². The minimum absolute atomic E-state index is 0.0268. The maximum atomic E-state index is 2.53. The molecule has 0 saturated carbocycles. The predicted octanol–water partition coefficient (Wildman–Crippen LogP) is 12.5. The predicted molar refractivity (Wildman–Crippen MR) is 246 cm³/mol. The van der Waals surface area contributed by atoms with E-state index in [2.05, 4.69) is 232 Å². The highest BCUT2D eigenvalue weighted by molar-refractivity contribution is 6.90. The van der Waals surface area contributed by atoms with Crippen LogP contribution >= 0.6 is 0 Å². The van der Waals surface area contributed by atoms with Crippen LogP contribution in [0.4, 0.5) is 11.4 Å². The van der Waals surface area contributed by atoms with Crippen molar-refractivity contribution < 1.29 is 0 Å². The average molecular weight is 738 g/mol. The Labute approximate surface area is 337 Å². The summed E-state index contributed by atoms with van der Waals surface area (Å²) in [4.78, 5) is 2.53. The molecule has 0 bridgehead atoms. The molecule has 0 aliphatic carbocycles. The molecule has 0 N–H and O–H groups in total. The minimum Gasteiger partial charge on any atom is -0.376 e. The first-order valence-electron chi connectivity index (χ1n) is 20.1. The van der Waals surface area contributed by atoms with E-state index in [1.54, 1.807) is 0 Å². The van der Waals surface area contributed by atoms with E-state index in [4.69, 9.17) is 0 Å². The molecule has 12 rings (SSSR count). The molecule has 0 spiro atoms. The lowest BCUT2D eigenvalue weighted by Gasteiger charge is -2.39. The zero-order valence-corrected chi connectivity index (χ0v) is 31.7. The lowest BCUT2D eigenvalue weighted by molar-refractivity contribution is 1.17. The van der Waals surface area contributed by atoms with Gasteiger partial charge in [-0.2, -0.15) is 0 Å². The van der Waals surface area contributed by atoms with Crippen LogP contribution < -0.4 is 15.7 Å². The molecular weight excluding hydrogens is 701 g/mol. The summed E-state index contributed by atoms with van der Waals surface area (Å²) in [5.41, 5.74) is 17.0. The molecule has 2 aromatic heterocycles. The Bertz CT molecular complexity index is 3320. The van der Waals surface area contributed by atoms with Gasteiger partial charge in [-0.25, -0.2) is 0 Å². The van der Waals surface area contributed by atoms with Crippen molar-refractivity contribution in [2.75, 3.05) is 4.81 Å². The number of benzene rings is 9. The van der Waals surface area contributed by atoms with Crippen LogP contribution in [0, 0.1) is 0 Å². The topological polar surface area (TPSA) is 13.1 Å². The van der Waals surface area contributed by atoms with Crippen molar-refractivity contribution in [1.82, 2.24) is 9.13 Å². The van der Waals surface area contributed by atoms with Crippen molar-refractivity contribution in [3.8, 4) is 33.6 Å². The Morgan fingerprint density at radius 1 is 0.310 bits per heavy atom. The van der Waals surface area contributed by atoms with Crippen molar-refractivity contribution >= 4 is 72.8 Å². The molecule has 0 atom stereocenters. The van der Waals surface area contributed by atoms with Crippen LogP contribution in [0.1, 0.15) is 0 Å². The van der Waals surface area contributed by atoms with E-state index in [0.717, 1.165) is 17.1 Å². The molecule has 4 heteroatoms. The fraction of sp³-hybridized carbons (Fsp3) is 0. The molecule has 3 heterocycles. The molecule has 3 nitrogen and oxygen atoms in total. The Kier molecular flexibility index (Phi) is 7.33. The number of para-hydroxylation sites is 4. The van der Waals surface area contributed by atoms with Gasteiger partial charge >= 0.3 is 6.85 Å². The van der Waals surface area contributed by atoms with Gasteiger partial charge in [0.1, 0.15) is 0 Å². The summed E-state index contributed by atoms with van der Waals surface area (Å²) < 4.78 is 4.84. The summed E-state index contributed by atoms with van der Waals surface area (Å²) in [5.74, 6) is 0. The number of nitrogens with zero attached hydrogens (tertiary/aromatic N) is 3. The Hall–Kier alpha value is -7.56. The summed E-state index contributed by atoms with van der Waals surface area (Å²) in [6, 6.07) is 80.0. The molecule has 0 unspecified atom stereocenters. The minimum atomic E-state index is 0.0268. The van der Waals surface area contributed by atoms with Gasteiger partial charge in [0.2, 0.25) is 0 Å². The van der Waals surface area contributed by atoms with Crippen molar-refractivity contribution in [3.63, 3.8) is 0 Å². The second-order valence-corrected chi connectivity index (χ2v) is 15.3. The summed E-state index contributed by atoms with van der Waals surface area (Å²) in [7, 11) is 0. The molecule has 9 aromatic carbocycles. The summed E-state index contributed by atoms with van der Waals surface area (Å²) in [5, 5.41) is 5.01. The molecule has 0 amide bonds. The van der Waals surface area contributed by atoms with Crippen LogP contribution in [0.25, 0.3) is 77.2 Å². The molecule has 58 heavy (non-hydrogen) atoms. The van der Waals surface area contributed by atoms with Crippen molar-refractivity contribution in [3.05, 3.63) is 218 Å². The van der Waals surface area contributed by atoms with Gasteiger partial charge in [-0.05, 0) is 88.9 Å². The average Bonchev–Trinajstić information content (AvgIpc) is 3.81. The maximum Gasteiger partial charge on any atom is 0.328 e. The second-order valence-electron chi connectivity index (χ2n) is 15.3. The van der Waals surface area contributed by atoms with Crippen molar-refractivity contribution in [1.29, 1.82) is 0 Å². The van der Waals surface area contributed by atoms with Crippen LogP contribution in [-0.2, 0) is 0 Å². The Morgan fingerprint density at radius 2 is 0.810 bits per heavy atom. The highest BCUT2D eigenvalue weighted by Crippen LogP contribution is 2.41. The van der Waals surface area contributed by atoms with Gasteiger partial charge in [-0.3, -0.25) is 0 Å². The summed E-state index contributed by atoms with van der Waals surface area (Å²) >= 11 is 0. The highest BCUT2D eigenvalue weighted by atomic mass is 15.1. The van der Waals surface area contributed by atoms with E-state index in [-0.39, 0.29) is 6.85 Å². The Balaban J connectivity index is 0.996. The molecule has 1 aliphatic heterocycles. The number of fused-ring (bicyclic) bond motifs is 9. The second kappa shape index (κ2) is 13.0. The molecule has 1 aliphatic rings. The highest BCUT2D eigenvalue weighted by Gasteiger charge is 2.36. The lowest BCUT2D eigenvalue weighted by Crippen LogP contribution is -2.57. The fourth-order valence-electron chi connectivity index (χ4n) is 9.66. The number of hydrogen-bond acceptors (Lipinski definition) is 1. The third-order valence-electron chi connectivity index (χ3n) is 12.1. The lowest BCUT2D eigenvalue weighted by atomic mass is 9.46. The molecule has 11 aromatic rings. The van der Waals surface area contributed by atoms with Crippen LogP contribution in [-0.4, -0.2) is 16.0 Å². The van der Waals surface area contributed by atoms with Crippen LogP contribution in [0.3, 0.4) is 0 Å². The molecule has 0 radical (unpaired) electrons. The van der Waals surface area contributed by atoms with Crippen molar-refractivity contribution in [2.24, 2.45) is 0 Å². The van der Waals surface area contributed by atoms with Crippen molar-refractivity contribution in [2.45, 2.75) is 0 Å². The van der Waals surface area contributed by atoms with Gasteiger partial charge in [0.25, 0.3) is 0 Å². The fourth-order valence-corrected chi connectivity index (χ4v) is 9.66. The van der Waals surface area contributed by atoms with Crippen LogP contribution in [0.5, 0.6) is 0 Å². The smallest absolute Gasteiger partial charge is 0.328 e. The molecule has 0 saturated heterocycles. The monoisotopic (exact) mass is 737 g/mol. The standard InChI is InChI=1S/C54H36BN3/c1-2-18-39(19-3-1)55-49-27-9-4-22-43(49)44-23-8-13-31-54(44)58(55)42-21-15-17-38(35-42)37-16-14-20-40(34-37)56-52-30-12-7-26-47(52)48-36-41(32-33-53(48)56)57-50-28-10-5-24-45(50)46-25-6-11-29-51(46)57/h1-36H. The number of hydrogen-bond donors (Lipinski definition) is 0. The van der Waals surface area contributed by atoms with Gasteiger partial charge in [0.15, 0.2) is 0 Å². The third-order valence-corrected chi connectivity index (χ3v) is 12.1. The number of aromatic nitrogens is 2. The number of rotatable bonds is 5. The summed E-state index contributed by atoms with van der Waals surface area (Å²) in [6.07, 6.45) is 0. The van der Waals surface area contributed by atoms with E-state index in [0.29, 0.717) is 0 Å². The normalized spacial score (nSPS) is 12.4. The van der Waals surface area contributed by atoms with E-state index < -0.39 is 0 Å². The Morgan fingerprint density at radius 3 is 1.50 bits per heavy atom. The van der Waals surface area contributed by atoms with E-state index in [1.165, 1.54) is 82.5 Å². The van der Waals surface area contributed by atoms with E-state index in [1.807, 2.05) is 0 Å². The van der Waals surface area contributed by atoms with Gasteiger partial charge in [0, 0.05) is 49.9 Å². The van der Waals surface area contributed by atoms with E-state index >= 15 is 0 Å². The number of anilines is 2. The van der Waals surface area contributed by atoms with E-state index in [9.17, 15) is 0 Å². The summed E-state index contributed by atoms with van der Waals surface area (Å²) in [6.45, 7) is 0.0268. The zero-order chi connectivity index (χ0) is 38.2. The van der Waals surface area contributed by atoms with Gasteiger partial charge in [0.05, 0.1) is 22.1 Å². The quantitative estimate of drug-likeness (QED) is 0.160. The first-order chi connectivity index (χ1) is 28.8. The zero-order valence-electron chi connectivity index (χ0n) is 31.7.